The fraction of sp³-hybridized carbons (Fsp3) is 0.533. The molecule has 0 aliphatic rings. The van der Waals surface area contributed by atoms with Gasteiger partial charge in [0.25, 0.3) is 0 Å². The van der Waals surface area contributed by atoms with Crippen LogP contribution in [0.5, 0.6) is 0 Å². The van der Waals surface area contributed by atoms with Gasteiger partial charge in [0, 0.05) is 20.0 Å². The van der Waals surface area contributed by atoms with Gasteiger partial charge in [-0.2, -0.15) is 0 Å². The molecule has 0 radical (unpaired) electrons. The van der Waals surface area contributed by atoms with Crippen molar-refractivity contribution in [2.45, 2.75) is 33.2 Å². The van der Waals surface area contributed by atoms with E-state index >= 15 is 0 Å². The minimum Gasteiger partial charge on any atom is -0.341 e. The number of nitrogens with two attached hydrogens (primary N) is 1. The molecule has 0 bridgehead atoms. The van der Waals surface area contributed by atoms with Crippen LogP contribution in [0.3, 0.4) is 0 Å². The average molecular weight is 248 g/mol. The topological polar surface area (TPSA) is 46.3 Å². The molecule has 0 aliphatic heterocycles. The lowest BCUT2D eigenvalue weighted by molar-refractivity contribution is -0.130. The summed E-state index contributed by atoms with van der Waals surface area (Å²) < 4.78 is 0. The van der Waals surface area contributed by atoms with Gasteiger partial charge in [0.05, 0.1) is 0 Å². The summed E-state index contributed by atoms with van der Waals surface area (Å²) in [6.07, 6.45) is 1.45. The van der Waals surface area contributed by atoms with Crippen molar-refractivity contribution < 1.29 is 4.79 Å². The largest absolute Gasteiger partial charge is 0.341 e. The van der Waals surface area contributed by atoms with Crippen molar-refractivity contribution in [2.24, 2.45) is 11.7 Å². The summed E-state index contributed by atoms with van der Waals surface area (Å²) in [6.45, 7) is 5.47. The zero-order valence-corrected chi connectivity index (χ0v) is 11.6. The lowest BCUT2D eigenvalue weighted by Gasteiger charge is -2.18. The minimum atomic E-state index is 0.191. The van der Waals surface area contributed by atoms with E-state index < -0.39 is 0 Å². The van der Waals surface area contributed by atoms with Crippen molar-refractivity contribution in [3.8, 4) is 0 Å². The third kappa shape index (κ3) is 4.88. The van der Waals surface area contributed by atoms with Crippen LogP contribution in [-0.2, 0) is 11.3 Å². The highest BCUT2D eigenvalue weighted by Gasteiger charge is 2.10. The molecule has 0 spiro atoms. The van der Waals surface area contributed by atoms with Gasteiger partial charge in [-0.25, -0.2) is 0 Å². The van der Waals surface area contributed by atoms with Gasteiger partial charge in [-0.1, -0.05) is 36.8 Å². The Bertz CT molecular complexity index is 390. The van der Waals surface area contributed by atoms with Crippen molar-refractivity contribution in [1.82, 2.24) is 4.90 Å². The van der Waals surface area contributed by atoms with Crippen LogP contribution in [0.2, 0.25) is 0 Å². The highest BCUT2D eigenvalue weighted by molar-refractivity contribution is 5.75. The van der Waals surface area contributed by atoms with E-state index in [0.717, 1.165) is 6.42 Å². The first-order valence-electron chi connectivity index (χ1n) is 6.52. The van der Waals surface area contributed by atoms with E-state index in [1.165, 1.54) is 11.1 Å². The Labute approximate surface area is 110 Å². The maximum absolute atomic E-state index is 11.9. The molecule has 1 amide bonds. The molecule has 1 rings (SSSR count). The van der Waals surface area contributed by atoms with Gasteiger partial charge in [0.15, 0.2) is 0 Å². The van der Waals surface area contributed by atoms with E-state index in [-0.39, 0.29) is 5.91 Å². The van der Waals surface area contributed by atoms with Gasteiger partial charge >= 0.3 is 0 Å². The first kappa shape index (κ1) is 14.7. The van der Waals surface area contributed by atoms with Gasteiger partial charge < -0.3 is 10.6 Å². The minimum absolute atomic E-state index is 0.191. The van der Waals surface area contributed by atoms with E-state index in [0.29, 0.717) is 25.4 Å². The highest BCUT2D eigenvalue weighted by atomic mass is 16.2. The summed E-state index contributed by atoms with van der Waals surface area (Å²) in [5.41, 5.74) is 7.96. The quantitative estimate of drug-likeness (QED) is 0.840. The van der Waals surface area contributed by atoms with Crippen LogP contribution in [-0.4, -0.2) is 24.4 Å². The van der Waals surface area contributed by atoms with E-state index in [9.17, 15) is 4.79 Å². The fourth-order valence-electron chi connectivity index (χ4n) is 1.85. The number of hydrogen-bond acceptors (Lipinski definition) is 2. The van der Waals surface area contributed by atoms with E-state index in [1.54, 1.807) is 4.90 Å². The summed E-state index contributed by atoms with van der Waals surface area (Å²) in [5.74, 6) is 0.609. The first-order chi connectivity index (χ1) is 8.52. The van der Waals surface area contributed by atoms with Crippen molar-refractivity contribution in [1.29, 1.82) is 0 Å². The van der Waals surface area contributed by atoms with Gasteiger partial charge in [-0.15, -0.1) is 0 Å². The smallest absolute Gasteiger partial charge is 0.222 e. The normalized spacial score (nSPS) is 12.2. The van der Waals surface area contributed by atoms with Gasteiger partial charge in [0.2, 0.25) is 5.91 Å². The predicted molar refractivity (Wildman–Crippen MR) is 75.1 cm³/mol. The molecule has 0 fully saturated rings. The standard InChI is InChI=1S/C15H24N2O/c1-12-5-4-6-14(9-12)11-17(3)15(18)8-7-13(2)10-16/h4-6,9,13H,7-8,10-11,16H2,1-3H3. The number of nitrogens with zero attached hydrogens (tertiary/aromatic N) is 1. The van der Waals surface area contributed by atoms with Gasteiger partial charge in [0.1, 0.15) is 0 Å². The summed E-state index contributed by atoms with van der Waals surface area (Å²) in [5, 5.41) is 0. The third-order valence-corrected chi connectivity index (χ3v) is 3.18. The predicted octanol–water partition coefficient (Wildman–Crippen LogP) is 2.33. The molecule has 0 aliphatic carbocycles. The Morgan fingerprint density at radius 2 is 2.17 bits per heavy atom. The molecule has 18 heavy (non-hydrogen) atoms. The van der Waals surface area contributed by atoms with Crippen LogP contribution >= 0.6 is 0 Å². The molecule has 0 saturated heterocycles. The summed E-state index contributed by atoms with van der Waals surface area (Å²) in [4.78, 5) is 13.7. The summed E-state index contributed by atoms with van der Waals surface area (Å²) in [7, 11) is 1.86. The number of aryl methyl sites for hydroxylation is 1. The number of rotatable bonds is 6. The molecule has 100 valence electrons. The zero-order valence-electron chi connectivity index (χ0n) is 11.6. The van der Waals surface area contributed by atoms with Crippen LogP contribution in [0, 0.1) is 12.8 Å². The Kier molecular flexibility index (Phi) is 5.86. The maximum Gasteiger partial charge on any atom is 0.222 e. The van der Waals surface area contributed by atoms with E-state index in [4.69, 9.17) is 5.73 Å². The second kappa shape index (κ2) is 7.17. The molecular weight excluding hydrogens is 224 g/mol. The molecule has 2 N–H and O–H groups in total. The van der Waals surface area contributed by atoms with Crippen LogP contribution in [0.15, 0.2) is 24.3 Å². The van der Waals surface area contributed by atoms with Gasteiger partial charge in [-0.3, -0.25) is 4.79 Å². The molecule has 3 heteroatoms. The number of carbonyl (C=O) groups is 1. The van der Waals surface area contributed by atoms with Crippen LogP contribution in [0.4, 0.5) is 0 Å². The molecular formula is C15H24N2O. The molecule has 1 aromatic carbocycles. The number of amides is 1. The molecule has 1 aromatic rings. The molecule has 0 saturated carbocycles. The summed E-state index contributed by atoms with van der Waals surface area (Å²) in [6, 6.07) is 8.26. The lowest BCUT2D eigenvalue weighted by atomic mass is 10.1. The Balaban J connectivity index is 2.45. The van der Waals surface area contributed by atoms with Crippen LogP contribution in [0.25, 0.3) is 0 Å². The fourth-order valence-corrected chi connectivity index (χ4v) is 1.85. The van der Waals surface area contributed by atoms with Gasteiger partial charge in [-0.05, 0) is 31.4 Å². The molecule has 0 aromatic heterocycles. The first-order valence-corrected chi connectivity index (χ1v) is 6.52. The van der Waals surface area contributed by atoms with Crippen LogP contribution < -0.4 is 5.73 Å². The average Bonchev–Trinajstić information content (AvgIpc) is 2.35. The zero-order chi connectivity index (χ0) is 13.5. The highest BCUT2D eigenvalue weighted by Crippen LogP contribution is 2.10. The van der Waals surface area contributed by atoms with Crippen LogP contribution in [0.1, 0.15) is 30.9 Å². The number of benzene rings is 1. The second-order valence-electron chi connectivity index (χ2n) is 5.12. The summed E-state index contributed by atoms with van der Waals surface area (Å²) >= 11 is 0. The van der Waals surface area contributed by atoms with E-state index in [2.05, 4.69) is 32.0 Å². The third-order valence-electron chi connectivity index (χ3n) is 3.18. The Morgan fingerprint density at radius 1 is 1.44 bits per heavy atom. The monoisotopic (exact) mass is 248 g/mol. The Morgan fingerprint density at radius 3 is 2.78 bits per heavy atom. The maximum atomic E-state index is 11.9. The van der Waals surface area contributed by atoms with E-state index in [1.807, 2.05) is 13.1 Å². The van der Waals surface area contributed by atoms with Crippen molar-refractivity contribution in [3.63, 3.8) is 0 Å². The SMILES string of the molecule is Cc1cccc(CN(C)C(=O)CCC(C)CN)c1. The number of carbonyl (C=O) groups excluding carboxylic acids is 1. The molecule has 0 heterocycles. The lowest BCUT2D eigenvalue weighted by Crippen LogP contribution is -2.27. The molecule has 3 nitrogen and oxygen atoms in total. The molecule has 1 atom stereocenters. The number of hydrogen-bond donors (Lipinski definition) is 1. The van der Waals surface area contributed by atoms with Crippen molar-refractivity contribution >= 4 is 5.91 Å². The second-order valence-corrected chi connectivity index (χ2v) is 5.12. The van der Waals surface area contributed by atoms with Crippen molar-refractivity contribution in [3.05, 3.63) is 35.4 Å². The Hall–Kier alpha value is -1.35. The van der Waals surface area contributed by atoms with Crippen molar-refractivity contribution in [2.75, 3.05) is 13.6 Å². The molecule has 1 unspecified atom stereocenters.